The van der Waals surface area contributed by atoms with Crippen molar-refractivity contribution in [1.29, 1.82) is 0 Å². The lowest BCUT2D eigenvalue weighted by Gasteiger charge is -2.58. The minimum Gasteiger partial charge on any atom is -0.295 e. The monoisotopic (exact) mass is 314 g/mol. The predicted octanol–water partition coefficient (Wildman–Crippen LogP) is 5.79. The molecule has 1 nitrogen and oxygen atoms in total. The molecule has 0 aromatic rings. The van der Waals surface area contributed by atoms with Crippen LogP contribution in [0.25, 0.3) is 0 Å². The first-order chi connectivity index (χ1) is 10.9. The summed E-state index contributed by atoms with van der Waals surface area (Å²) in [7, 11) is 0. The van der Waals surface area contributed by atoms with E-state index in [1.165, 1.54) is 44.1 Å². The fourth-order valence-electron chi connectivity index (χ4n) is 7.69. The SMILES string of the molecule is CC(C)[C@H]1CC[C@H]2[C@@H]3CCC4=CC(=O)CC[C@]4(C)[C@H]3CC[C@]12C. The molecular weight excluding hydrogens is 280 g/mol. The van der Waals surface area contributed by atoms with Crippen molar-refractivity contribution in [3.05, 3.63) is 11.6 Å². The molecule has 0 spiro atoms. The van der Waals surface area contributed by atoms with Crippen LogP contribution in [-0.4, -0.2) is 5.78 Å². The van der Waals surface area contributed by atoms with Crippen molar-refractivity contribution in [2.24, 2.45) is 40.4 Å². The highest BCUT2D eigenvalue weighted by Crippen LogP contribution is 2.67. The second kappa shape index (κ2) is 5.20. The van der Waals surface area contributed by atoms with Gasteiger partial charge in [-0.05, 0) is 91.4 Å². The van der Waals surface area contributed by atoms with Crippen LogP contribution in [0.4, 0.5) is 0 Å². The van der Waals surface area contributed by atoms with Crippen molar-refractivity contribution in [3.8, 4) is 0 Å². The van der Waals surface area contributed by atoms with E-state index >= 15 is 0 Å². The molecule has 3 fully saturated rings. The zero-order chi connectivity index (χ0) is 16.4. The van der Waals surface area contributed by atoms with E-state index in [2.05, 4.69) is 27.7 Å². The summed E-state index contributed by atoms with van der Waals surface area (Å²) in [5, 5.41) is 0. The van der Waals surface area contributed by atoms with Gasteiger partial charge in [0.15, 0.2) is 5.78 Å². The third-order valence-electron chi connectivity index (χ3n) is 8.84. The summed E-state index contributed by atoms with van der Waals surface area (Å²) >= 11 is 0. The van der Waals surface area contributed by atoms with Crippen LogP contribution in [0.3, 0.4) is 0 Å². The average molecular weight is 315 g/mol. The van der Waals surface area contributed by atoms with Gasteiger partial charge >= 0.3 is 0 Å². The van der Waals surface area contributed by atoms with Crippen LogP contribution in [0.1, 0.15) is 79.1 Å². The topological polar surface area (TPSA) is 17.1 Å². The van der Waals surface area contributed by atoms with E-state index in [-0.39, 0.29) is 0 Å². The molecule has 4 rings (SSSR count). The lowest BCUT2D eigenvalue weighted by atomic mass is 9.46. The van der Waals surface area contributed by atoms with Crippen LogP contribution in [0, 0.1) is 40.4 Å². The Bertz CT molecular complexity index is 544. The number of allylic oxidation sites excluding steroid dienone is 1. The van der Waals surface area contributed by atoms with Crippen molar-refractivity contribution >= 4 is 5.78 Å². The zero-order valence-corrected chi connectivity index (χ0v) is 15.5. The molecule has 0 aromatic carbocycles. The van der Waals surface area contributed by atoms with Crippen molar-refractivity contribution in [3.63, 3.8) is 0 Å². The number of rotatable bonds is 1. The van der Waals surface area contributed by atoms with Gasteiger partial charge < -0.3 is 0 Å². The quantitative estimate of drug-likeness (QED) is 0.598. The number of carbonyl (C=O) groups excluding carboxylic acids is 1. The third-order valence-corrected chi connectivity index (χ3v) is 8.84. The first-order valence-electron chi connectivity index (χ1n) is 10.1. The van der Waals surface area contributed by atoms with Gasteiger partial charge in [0.05, 0.1) is 0 Å². The molecule has 128 valence electrons. The summed E-state index contributed by atoms with van der Waals surface area (Å²) in [6, 6.07) is 0. The Morgan fingerprint density at radius 3 is 2.52 bits per heavy atom. The minimum atomic E-state index is 0.341. The summed E-state index contributed by atoms with van der Waals surface area (Å²) in [6.07, 6.45) is 12.3. The second-order valence-corrected chi connectivity index (χ2v) is 9.94. The Kier molecular flexibility index (Phi) is 3.60. The van der Waals surface area contributed by atoms with E-state index in [9.17, 15) is 4.79 Å². The maximum absolute atomic E-state index is 11.9. The van der Waals surface area contributed by atoms with Crippen LogP contribution in [0.5, 0.6) is 0 Å². The molecule has 0 bridgehead atoms. The number of hydrogen-bond donors (Lipinski definition) is 0. The fourth-order valence-corrected chi connectivity index (χ4v) is 7.69. The van der Waals surface area contributed by atoms with Gasteiger partial charge in [-0.25, -0.2) is 0 Å². The first-order valence-corrected chi connectivity index (χ1v) is 10.1. The summed E-state index contributed by atoms with van der Waals surface area (Å²) in [6.45, 7) is 10.0. The highest BCUT2D eigenvalue weighted by molar-refractivity contribution is 5.91. The maximum atomic E-state index is 11.9. The molecule has 4 aliphatic rings. The molecule has 0 aromatic heterocycles. The van der Waals surface area contributed by atoms with Crippen LogP contribution >= 0.6 is 0 Å². The normalized spacial score (nSPS) is 49.4. The zero-order valence-electron chi connectivity index (χ0n) is 15.5. The smallest absolute Gasteiger partial charge is 0.155 e. The van der Waals surface area contributed by atoms with Crippen LogP contribution < -0.4 is 0 Å². The lowest BCUT2D eigenvalue weighted by Crippen LogP contribution is -2.50. The van der Waals surface area contributed by atoms with Crippen molar-refractivity contribution in [2.45, 2.75) is 79.1 Å². The number of fused-ring (bicyclic) bond motifs is 5. The molecule has 0 unspecified atom stereocenters. The molecule has 23 heavy (non-hydrogen) atoms. The van der Waals surface area contributed by atoms with Crippen LogP contribution in [0.2, 0.25) is 0 Å². The molecule has 0 saturated heterocycles. The Labute approximate surface area is 142 Å². The first kappa shape index (κ1) is 15.9. The van der Waals surface area contributed by atoms with Gasteiger partial charge in [0.25, 0.3) is 0 Å². The number of ketones is 1. The molecule has 0 radical (unpaired) electrons. The molecular formula is C22H34O. The Morgan fingerprint density at radius 1 is 1.00 bits per heavy atom. The third kappa shape index (κ3) is 2.14. The van der Waals surface area contributed by atoms with Gasteiger partial charge in [-0.3, -0.25) is 4.79 Å². The van der Waals surface area contributed by atoms with Gasteiger partial charge in [-0.15, -0.1) is 0 Å². The van der Waals surface area contributed by atoms with E-state index in [1.54, 1.807) is 0 Å². The van der Waals surface area contributed by atoms with Gasteiger partial charge in [-0.1, -0.05) is 33.3 Å². The molecule has 0 amide bonds. The molecule has 6 atom stereocenters. The van der Waals surface area contributed by atoms with Gasteiger partial charge in [0.2, 0.25) is 0 Å². The lowest BCUT2D eigenvalue weighted by molar-refractivity contribution is -0.117. The van der Waals surface area contributed by atoms with E-state index in [0.717, 1.165) is 42.4 Å². The van der Waals surface area contributed by atoms with Crippen molar-refractivity contribution in [1.82, 2.24) is 0 Å². The Morgan fingerprint density at radius 2 is 1.78 bits per heavy atom. The summed E-state index contributed by atoms with van der Waals surface area (Å²) < 4.78 is 0. The Balaban J connectivity index is 1.66. The Hall–Kier alpha value is -0.590. The van der Waals surface area contributed by atoms with Crippen molar-refractivity contribution < 1.29 is 4.79 Å². The molecule has 4 aliphatic carbocycles. The van der Waals surface area contributed by atoms with Gasteiger partial charge in [0.1, 0.15) is 0 Å². The van der Waals surface area contributed by atoms with E-state index < -0.39 is 0 Å². The molecule has 3 saturated carbocycles. The summed E-state index contributed by atoms with van der Waals surface area (Å²) in [5.41, 5.74) is 2.45. The predicted molar refractivity (Wildman–Crippen MR) is 95.0 cm³/mol. The van der Waals surface area contributed by atoms with Gasteiger partial charge in [0, 0.05) is 6.42 Å². The molecule has 0 heterocycles. The van der Waals surface area contributed by atoms with Crippen LogP contribution in [0.15, 0.2) is 11.6 Å². The van der Waals surface area contributed by atoms with E-state index in [0.29, 0.717) is 16.6 Å². The summed E-state index contributed by atoms with van der Waals surface area (Å²) in [4.78, 5) is 11.9. The van der Waals surface area contributed by atoms with E-state index in [1.807, 2.05) is 6.08 Å². The minimum absolute atomic E-state index is 0.341. The van der Waals surface area contributed by atoms with Gasteiger partial charge in [-0.2, -0.15) is 0 Å². The van der Waals surface area contributed by atoms with Crippen LogP contribution in [-0.2, 0) is 4.79 Å². The second-order valence-electron chi connectivity index (χ2n) is 9.94. The van der Waals surface area contributed by atoms with E-state index in [4.69, 9.17) is 0 Å². The average Bonchev–Trinajstić information content (AvgIpc) is 2.85. The fraction of sp³-hybridized carbons (Fsp3) is 0.864. The maximum Gasteiger partial charge on any atom is 0.155 e. The standard InChI is InChI=1S/C22H34O/c1-14(2)18-7-8-19-17-6-5-15-13-16(23)9-11-21(15,3)20(17)10-12-22(18,19)4/h13-14,17-20H,5-12H2,1-4H3/t17-,18+,19-,20-,21-,22+/m0/s1. The molecule has 0 N–H and O–H groups in total. The molecule has 0 aliphatic heterocycles. The molecule has 1 heteroatoms. The highest BCUT2D eigenvalue weighted by Gasteiger charge is 2.59. The summed E-state index contributed by atoms with van der Waals surface area (Å²) in [5.74, 6) is 4.88. The largest absolute Gasteiger partial charge is 0.295 e. The number of carbonyl (C=O) groups is 1. The van der Waals surface area contributed by atoms with Crippen molar-refractivity contribution in [2.75, 3.05) is 0 Å². The highest BCUT2D eigenvalue weighted by atomic mass is 16.1. The number of hydrogen-bond acceptors (Lipinski definition) is 1.